The number of piperidine rings is 1. The fourth-order valence-corrected chi connectivity index (χ4v) is 2.98. The van der Waals surface area contributed by atoms with Crippen molar-refractivity contribution >= 4 is 5.91 Å². The number of hydrogen-bond acceptors (Lipinski definition) is 2. The van der Waals surface area contributed by atoms with E-state index in [4.69, 9.17) is 0 Å². The molecule has 1 aliphatic rings. The summed E-state index contributed by atoms with van der Waals surface area (Å²) in [5.41, 5.74) is 3.27. The van der Waals surface area contributed by atoms with Crippen molar-refractivity contribution in [3.63, 3.8) is 0 Å². The quantitative estimate of drug-likeness (QED) is 0.902. The van der Waals surface area contributed by atoms with Crippen molar-refractivity contribution in [2.24, 2.45) is 5.92 Å². The Bertz CT molecular complexity index is 478. The Kier molecular flexibility index (Phi) is 5.80. The summed E-state index contributed by atoms with van der Waals surface area (Å²) in [5.74, 6) is 0.840. The molecule has 1 aliphatic heterocycles. The molecule has 3 heteroatoms. The summed E-state index contributed by atoms with van der Waals surface area (Å²) >= 11 is 0. The van der Waals surface area contributed by atoms with Crippen LogP contribution in [0.4, 0.5) is 0 Å². The minimum atomic E-state index is 0.193. The topological polar surface area (TPSA) is 32.3 Å². The van der Waals surface area contributed by atoms with Crippen LogP contribution in [0.25, 0.3) is 0 Å². The van der Waals surface area contributed by atoms with E-state index in [9.17, 15) is 4.79 Å². The Morgan fingerprint density at radius 3 is 2.57 bits per heavy atom. The third-order valence-corrected chi connectivity index (χ3v) is 4.47. The molecule has 1 aromatic rings. The van der Waals surface area contributed by atoms with Crippen molar-refractivity contribution in [3.8, 4) is 0 Å². The van der Waals surface area contributed by atoms with E-state index >= 15 is 0 Å². The van der Waals surface area contributed by atoms with Crippen LogP contribution in [-0.2, 0) is 0 Å². The molecule has 1 fully saturated rings. The Hall–Kier alpha value is -1.35. The van der Waals surface area contributed by atoms with E-state index in [0.29, 0.717) is 5.92 Å². The molecule has 1 saturated heterocycles. The molecule has 2 rings (SSSR count). The number of amides is 1. The van der Waals surface area contributed by atoms with Crippen molar-refractivity contribution in [3.05, 3.63) is 34.9 Å². The molecule has 0 bridgehead atoms. The molecular weight excluding hydrogens is 260 g/mol. The summed E-state index contributed by atoms with van der Waals surface area (Å²) in [6, 6.07) is 6.05. The highest BCUT2D eigenvalue weighted by Crippen LogP contribution is 2.17. The lowest BCUT2D eigenvalue weighted by Crippen LogP contribution is -2.39. The molecule has 1 aromatic carbocycles. The highest BCUT2D eigenvalue weighted by atomic mass is 16.2. The van der Waals surface area contributed by atoms with Crippen LogP contribution in [0, 0.1) is 19.8 Å². The normalized spacial score (nSPS) is 16.0. The smallest absolute Gasteiger partial charge is 0.253 e. The maximum Gasteiger partial charge on any atom is 0.253 e. The van der Waals surface area contributed by atoms with E-state index in [0.717, 1.165) is 38.2 Å². The van der Waals surface area contributed by atoms with Gasteiger partial charge in [0.1, 0.15) is 0 Å². The number of benzene rings is 1. The van der Waals surface area contributed by atoms with Crippen LogP contribution in [0.15, 0.2) is 18.2 Å². The molecule has 0 aromatic heterocycles. The molecule has 1 N–H and O–H groups in total. The first kappa shape index (κ1) is 16.0. The molecule has 0 saturated carbocycles. The third kappa shape index (κ3) is 4.31. The molecule has 21 heavy (non-hydrogen) atoms. The van der Waals surface area contributed by atoms with E-state index in [2.05, 4.69) is 37.1 Å². The summed E-state index contributed by atoms with van der Waals surface area (Å²) in [5, 5.41) is 3.39. The predicted molar refractivity (Wildman–Crippen MR) is 87.7 cm³/mol. The molecule has 0 unspecified atom stereocenters. The van der Waals surface area contributed by atoms with Gasteiger partial charge < -0.3 is 10.2 Å². The Morgan fingerprint density at radius 1 is 1.24 bits per heavy atom. The molecule has 0 spiro atoms. The molecular formula is C18H28N2O. The number of carbonyl (C=O) groups is 1. The third-order valence-electron chi connectivity index (χ3n) is 4.47. The van der Waals surface area contributed by atoms with Crippen LogP contribution >= 0.6 is 0 Å². The van der Waals surface area contributed by atoms with E-state index in [-0.39, 0.29) is 5.91 Å². The number of nitrogens with one attached hydrogen (secondary N) is 1. The van der Waals surface area contributed by atoms with Gasteiger partial charge in [0.05, 0.1) is 0 Å². The molecule has 0 radical (unpaired) electrons. The standard InChI is InChI=1S/C18H28N2O/c1-4-11-20(13-16-7-9-19-10-8-16)18(21)17-6-5-14(2)15(3)12-17/h5-6,12,16,19H,4,7-11,13H2,1-3H3. The number of nitrogens with zero attached hydrogens (tertiary/aromatic N) is 1. The van der Waals surface area contributed by atoms with Crippen LogP contribution in [0.2, 0.25) is 0 Å². The number of carbonyl (C=O) groups excluding carboxylic acids is 1. The zero-order chi connectivity index (χ0) is 15.2. The largest absolute Gasteiger partial charge is 0.338 e. The van der Waals surface area contributed by atoms with Gasteiger partial charge in [-0.3, -0.25) is 4.79 Å². The lowest BCUT2D eigenvalue weighted by Gasteiger charge is -2.30. The van der Waals surface area contributed by atoms with Gasteiger partial charge >= 0.3 is 0 Å². The lowest BCUT2D eigenvalue weighted by molar-refractivity contribution is 0.0716. The first-order chi connectivity index (χ1) is 10.1. The predicted octanol–water partition coefficient (Wildman–Crippen LogP) is 3.16. The number of hydrogen-bond donors (Lipinski definition) is 1. The fraction of sp³-hybridized carbons (Fsp3) is 0.611. The minimum Gasteiger partial charge on any atom is -0.338 e. The average Bonchev–Trinajstić information content (AvgIpc) is 2.50. The summed E-state index contributed by atoms with van der Waals surface area (Å²) in [6.07, 6.45) is 3.38. The highest BCUT2D eigenvalue weighted by Gasteiger charge is 2.21. The number of rotatable bonds is 5. The molecule has 1 amide bonds. The van der Waals surface area contributed by atoms with Gasteiger partial charge in [0.25, 0.3) is 5.91 Å². The van der Waals surface area contributed by atoms with Gasteiger partial charge in [-0.1, -0.05) is 13.0 Å². The monoisotopic (exact) mass is 288 g/mol. The van der Waals surface area contributed by atoms with E-state index in [1.54, 1.807) is 0 Å². The Balaban J connectivity index is 2.08. The zero-order valence-electron chi connectivity index (χ0n) is 13.6. The van der Waals surface area contributed by atoms with Crippen LogP contribution < -0.4 is 5.32 Å². The van der Waals surface area contributed by atoms with Crippen LogP contribution in [0.3, 0.4) is 0 Å². The second-order valence-corrected chi connectivity index (χ2v) is 6.24. The molecule has 3 nitrogen and oxygen atoms in total. The van der Waals surface area contributed by atoms with Crippen molar-refractivity contribution in [1.82, 2.24) is 10.2 Å². The fourth-order valence-electron chi connectivity index (χ4n) is 2.98. The van der Waals surface area contributed by atoms with Crippen LogP contribution in [-0.4, -0.2) is 37.0 Å². The summed E-state index contributed by atoms with van der Waals surface area (Å²) in [7, 11) is 0. The SMILES string of the molecule is CCCN(CC1CCNCC1)C(=O)c1ccc(C)c(C)c1. The second-order valence-electron chi connectivity index (χ2n) is 6.24. The van der Waals surface area contributed by atoms with E-state index in [1.165, 1.54) is 24.0 Å². The zero-order valence-corrected chi connectivity index (χ0v) is 13.6. The minimum absolute atomic E-state index is 0.193. The Labute approximate surface area is 128 Å². The van der Waals surface area contributed by atoms with Gasteiger partial charge in [-0.2, -0.15) is 0 Å². The molecule has 1 heterocycles. The maximum atomic E-state index is 12.8. The van der Waals surface area contributed by atoms with Crippen molar-refractivity contribution in [2.75, 3.05) is 26.2 Å². The summed E-state index contributed by atoms with van der Waals surface area (Å²) in [6.45, 7) is 10.2. The van der Waals surface area contributed by atoms with Gasteiger partial charge in [-0.15, -0.1) is 0 Å². The van der Waals surface area contributed by atoms with Gasteiger partial charge in [0.15, 0.2) is 0 Å². The maximum absolute atomic E-state index is 12.8. The first-order valence-electron chi connectivity index (χ1n) is 8.19. The lowest BCUT2D eigenvalue weighted by atomic mass is 9.97. The second kappa shape index (κ2) is 7.60. The summed E-state index contributed by atoms with van der Waals surface area (Å²) < 4.78 is 0. The van der Waals surface area contributed by atoms with Gasteiger partial charge in [-0.05, 0) is 75.4 Å². The average molecular weight is 288 g/mol. The first-order valence-corrected chi connectivity index (χ1v) is 8.19. The van der Waals surface area contributed by atoms with Gasteiger partial charge in [0.2, 0.25) is 0 Å². The Morgan fingerprint density at radius 2 is 1.95 bits per heavy atom. The molecule has 0 atom stereocenters. The van der Waals surface area contributed by atoms with Crippen molar-refractivity contribution < 1.29 is 4.79 Å². The van der Waals surface area contributed by atoms with Crippen molar-refractivity contribution in [1.29, 1.82) is 0 Å². The van der Waals surface area contributed by atoms with Gasteiger partial charge in [-0.25, -0.2) is 0 Å². The van der Waals surface area contributed by atoms with E-state index in [1.807, 2.05) is 12.1 Å². The summed E-state index contributed by atoms with van der Waals surface area (Å²) in [4.78, 5) is 14.8. The highest BCUT2D eigenvalue weighted by molar-refractivity contribution is 5.94. The van der Waals surface area contributed by atoms with E-state index < -0.39 is 0 Å². The van der Waals surface area contributed by atoms with Crippen molar-refractivity contribution in [2.45, 2.75) is 40.0 Å². The van der Waals surface area contributed by atoms with Crippen LogP contribution in [0.1, 0.15) is 47.7 Å². The molecule has 0 aliphatic carbocycles. The van der Waals surface area contributed by atoms with Crippen LogP contribution in [0.5, 0.6) is 0 Å². The molecule has 116 valence electrons. The van der Waals surface area contributed by atoms with Gasteiger partial charge in [0, 0.05) is 18.7 Å². The number of aryl methyl sites for hydroxylation is 2.